The number of benzene rings is 2. The Balaban J connectivity index is 1.10. The van der Waals surface area contributed by atoms with Crippen LogP contribution in [0, 0.1) is 17.1 Å². The number of aromatic nitrogens is 3. The summed E-state index contributed by atoms with van der Waals surface area (Å²) in [5.74, 6) is 1.05. The number of carbonyl (C=O) groups is 1. The van der Waals surface area contributed by atoms with Crippen LogP contribution in [0.1, 0.15) is 33.7 Å². The lowest BCUT2D eigenvalue weighted by molar-refractivity contribution is -0.0592. The molecule has 4 heterocycles. The summed E-state index contributed by atoms with van der Waals surface area (Å²) >= 11 is 0. The molecule has 2 aliphatic rings. The minimum absolute atomic E-state index is 0.122. The zero-order valence-corrected chi connectivity index (χ0v) is 22.5. The summed E-state index contributed by atoms with van der Waals surface area (Å²) in [5, 5.41) is 21.6. The Morgan fingerprint density at radius 1 is 1.12 bits per heavy atom. The number of halogens is 1. The standard InChI is InChI=1S/C30H30FN7O3/c31-24-14-20(16-32)4-5-22(24)17-33-27-2-1-3-28(35-27)37-11-9-36(10-12-37)19-29-34-25-7-6-21(30(39)40)15-26(25)38(29)18-23-8-13-41-23/h1-7,14-15,23H,8-13,17-19H2,(H,33,35)(H,39,40)/t23-/m0/s1. The highest BCUT2D eigenvalue weighted by molar-refractivity contribution is 5.92. The van der Waals surface area contributed by atoms with Crippen molar-refractivity contribution in [2.75, 3.05) is 43.0 Å². The van der Waals surface area contributed by atoms with Crippen LogP contribution in [-0.2, 0) is 24.4 Å². The molecule has 2 saturated heterocycles. The Bertz CT molecular complexity index is 1620. The third-order valence-corrected chi connectivity index (χ3v) is 7.69. The first kappa shape index (κ1) is 26.7. The van der Waals surface area contributed by atoms with Gasteiger partial charge in [-0.1, -0.05) is 12.1 Å². The third-order valence-electron chi connectivity index (χ3n) is 7.69. The molecule has 2 aliphatic heterocycles. The molecule has 0 saturated carbocycles. The second kappa shape index (κ2) is 11.5. The van der Waals surface area contributed by atoms with Crippen LogP contribution in [0.3, 0.4) is 0 Å². The zero-order chi connectivity index (χ0) is 28.3. The minimum atomic E-state index is -0.952. The molecule has 2 N–H and O–H groups in total. The Morgan fingerprint density at radius 2 is 1.95 bits per heavy atom. The quantitative estimate of drug-likeness (QED) is 0.317. The van der Waals surface area contributed by atoms with Crippen LogP contribution in [0.5, 0.6) is 0 Å². The molecular weight excluding hydrogens is 525 g/mol. The van der Waals surface area contributed by atoms with Crippen LogP contribution in [0.2, 0.25) is 0 Å². The number of anilines is 2. The van der Waals surface area contributed by atoms with E-state index in [1.165, 1.54) is 6.07 Å². The molecule has 41 heavy (non-hydrogen) atoms. The second-order valence-corrected chi connectivity index (χ2v) is 10.3. The fourth-order valence-electron chi connectivity index (χ4n) is 5.24. The number of fused-ring (bicyclic) bond motifs is 1. The van der Waals surface area contributed by atoms with E-state index < -0.39 is 11.8 Å². The lowest BCUT2D eigenvalue weighted by Crippen LogP contribution is -2.46. The summed E-state index contributed by atoms with van der Waals surface area (Å²) in [6.07, 6.45) is 1.11. The molecular formula is C30H30FN7O3. The number of aromatic carboxylic acids is 1. The first-order valence-corrected chi connectivity index (χ1v) is 13.7. The van der Waals surface area contributed by atoms with E-state index in [9.17, 15) is 14.3 Å². The smallest absolute Gasteiger partial charge is 0.335 e. The van der Waals surface area contributed by atoms with Crippen LogP contribution in [0.4, 0.5) is 16.0 Å². The summed E-state index contributed by atoms with van der Waals surface area (Å²) < 4.78 is 22.1. The van der Waals surface area contributed by atoms with Gasteiger partial charge in [0.2, 0.25) is 0 Å². The maximum Gasteiger partial charge on any atom is 0.335 e. The van der Waals surface area contributed by atoms with Gasteiger partial charge in [0.15, 0.2) is 0 Å². The summed E-state index contributed by atoms with van der Waals surface area (Å²) in [4.78, 5) is 25.8. The topological polar surface area (TPSA) is 120 Å². The molecule has 0 spiro atoms. The van der Waals surface area contributed by atoms with Gasteiger partial charge in [-0.2, -0.15) is 5.26 Å². The molecule has 2 aromatic heterocycles. The van der Waals surface area contributed by atoms with Gasteiger partial charge in [0, 0.05) is 44.9 Å². The van der Waals surface area contributed by atoms with Crippen molar-refractivity contribution in [1.82, 2.24) is 19.4 Å². The van der Waals surface area contributed by atoms with E-state index in [-0.39, 0.29) is 18.2 Å². The summed E-state index contributed by atoms with van der Waals surface area (Å²) in [6.45, 7) is 5.55. The lowest BCUT2D eigenvalue weighted by Gasteiger charge is -2.35. The average molecular weight is 556 g/mol. The number of nitrogens with one attached hydrogen (secondary N) is 1. The van der Waals surface area contributed by atoms with Crippen molar-refractivity contribution in [2.24, 2.45) is 0 Å². The molecule has 11 heteroatoms. The fraction of sp³-hybridized carbons (Fsp3) is 0.333. The van der Waals surface area contributed by atoms with Gasteiger partial charge in [-0.3, -0.25) is 4.90 Å². The van der Waals surface area contributed by atoms with Gasteiger partial charge in [0.25, 0.3) is 0 Å². The van der Waals surface area contributed by atoms with E-state index in [0.29, 0.717) is 30.0 Å². The monoisotopic (exact) mass is 555 g/mol. The Kier molecular flexibility index (Phi) is 7.50. The normalized spacial score (nSPS) is 17.3. The number of nitriles is 1. The SMILES string of the molecule is N#Cc1ccc(CNc2cccc(N3CCN(Cc4nc5ccc(C(=O)O)cc5n4C[C@@H]4CCO4)CC3)n2)c(F)c1. The average Bonchev–Trinajstić information content (AvgIpc) is 3.30. The van der Waals surface area contributed by atoms with Crippen molar-refractivity contribution in [3.8, 4) is 6.07 Å². The van der Waals surface area contributed by atoms with Gasteiger partial charge in [0.1, 0.15) is 23.3 Å². The number of carboxylic acids is 1. The molecule has 210 valence electrons. The highest BCUT2D eigenvalue weighted by Crippen LogP contribution is 2.24. The van der Waals surface area contributed by atoms with Crippen molar-refractivity contribution in [2.45, 2.75) is 32.2 Å². The first-order chi connectivity index (χ1) is 20.0. The number of piperazine rings is 1. The molecule has 1 atom stereocenters. The van der Waals surface area contributed by atoms with E-state index in [1.807, 2.05) is 24.3 Å². The van der Waals surface area contributed by atoms with E-state index in [1.54, 1.807) is 30.3 Å². The van der Waals surface area contributed by atoms with E-state index >= 15 is 0 Å². The van der Waals surface area contributed by atoms with E-state index in [4.69, 9.17) is 20.0 Å². The first-order valence-electron chi connectivity index (χ1n) is 13.7. The van der Waals surface area contributed by atoms with Crippen molar-refractivity contribution >= 4 is 28.6 Å². The fourth-order valence-corrected chi connectivity index (χ4v) is 5.24. The molecule has 4 aromatic rings. The van der Waals surface area contributed by atoms with Gasteiger partial charge < -0.3 is 24.6 Å². The largest absolute Gasteiger partial charge is 0.478 e. The number of hydrogen-bond acceptors (Lipinski definition) is 8. The van der Waals surface area contributed by atoms with Crippen molar-refractivity contribution < 1.29 is 19.0 Å². The van der Waals surface area contributed by atoms with E-state index in [2.05, 4.69) is 19.7 Å². The van der Waals surface area contributed by atoms with Crippen LogP contribution < -0.4 is 10.2 Å². The number of ether oxygens (including phenoxy) is 1. The Labute approximate surface area is 236 Å². The van der Waals surface area contributed by atoms with Gasteiger partial charge in [-0.15, -0.1) is 0 Å². The summed E-state index contributed by atoms with van der Waals surface area (Å²) in [6, 6.07) is 17.2. The van der Waals surface area contributed by atoms with Crippen molar-refractivity contribution in [1.29, 1.82) is 5.26 Å². The van der Waals surface area contributed by atoms with Gasteiger partial charge in [0.05, 0.1) is 47.4 Å². The number of nitrogens with zero attached hydrogens (tertiary/aromatic N) is 6. The molecule has 0 radical (unpaired) electrons. The predicted molar refractivity (Wildman–Crippen MR) is 151 cm³/mol. The highest BCUT2D eigenvalue weighted by Gasteiger charge is 2.25. The van der Waals surface area contributed by atoms with Crippen LogP contribution >= 0.6 is 0 Å². The van der Waals surface area contributed by atoms with E-state index in [0.717, 1.165) is 61.9 Å². The lowest BCUT2D eigenvalue weighted by atomic mass is 10.1. The molecule has 2 aromatic carbocycles. The van der Waals surface area contributed by atoms with Crippen LogP contribution in [-0.4, -0.2) is 69.4 Å². The molecule has 0 bridgehead atoms. The molecule has 0 amide bonds. The predicted octanol–water partition coefficient (Wildman–Crippen LogP) is 3.86. The third kappa shape index (κ3) is 5.84. The van der Waals surface area contributed by atoms with Crippen LogP contribution in [0.15, 0.2) is 54.6 Å². The van der Waals surface area contributed by atoms with Gasteiger partial charge >= 0.3 is 5.97 Å². The highest BCUT2D eigenvalue weighted by atomic mass is 19.1. The summed E-state index contributed by atoms with van der Waals surface area (Å²) in [5.41, 5.74) is 2.63. The maximum absolute atomic E-state index is 14.3. The van der Waals surface area contributed by atoms with Gasteiger partial charge in [-0.05, 0) is 48.9 Å². The number of carboxylic acid groups (broad SMARTS) is 1. The molecule has 6 rings (SSSR count). The number of hydrogen-bond donors (Lipinski definition) is 2. The number of rotatable bonds is 9. The Morgan fingerprint density at radius 3 is 2.66 bits per heavy atom. The van der Waals surface area contributed by atoms with Crippen LogP contribution in [0.25, 0.3) is 11.0 Å². The minimum Gasteiger partial charge on any atom is -0.478 e. The molecule has 0 unspecified atom stereocenters. The molecule has 2 fully saturated rings. The summed E-state index contributed by atoms with van der Waals surface area (Å²) in [7, 11) is 0. The maximum atomic E-state index is 14.3. The number of pyridine rings is 1. The molecule has 10 nitrogen and oxygen atoms in total. The second-order valence-electron chi connectivity index (χ2n) is 10.3. The van der Waals surface area contributed by atoms with Crippen molar-refractivity contribution in [3.63, 3.8) is 0 Å². The Hall–Kier alpha value is -4.53. The van der Waals surface area contributed by atoms with Gasteiger partial charge in [-0.25, -0.2) is 19.2 Å². The zero-order valence-electron chi connectivity index (χ0n) is 22.5. The molecule has 0 aliphatic carbocycles. The van der Waals surface area contributed by atoms with Crippen molar-refractivity contribution in [3.05, 3.63) is 82.9 Å². The number of imidazole rings is 1.